The molecule has 2 aliphatic rings. The number of imidazole rings is 1. The lowest BCUT2D eigenvalue weighted by Gasteiger charge is -2.37. The molecule has 1 aromatic heterocycles. The van der Waals surface area contributed by atoms with Crippen molar-refractivity contribution in [2.75, 3.05) is 5.32 Å². The van der Waals surface area contributed by atoms with Crippen LogP contribution in [0.15, 0.2) is 18.2 Å². The molecule has 1 amide bonds. The van der Waals surface area contributed by atoms with Gasteiger partial charge in [0.2, 0.25) is 11.9 Å². The maximum absolute atomic E-state index is 12.5. The third-order valence-corrected chi connectivity index (χ3v) is 5.79. The summed E-state index contributed by atoms with van der Waals surface area (Å²) in [5.41, 5.74) is 2.15. The van der Waals surface area contributed by atoms with Gasteiger partial charge in [-0.15, -0.1) is 0 Å². The Hall–Kier alpha value is -1.88. The lowest BCUT2D eigenvalue weighted by Crippen LogP contribution is -2.33. The van der Waals surface area contributed by atoms with E-state index in [0.717, 1.165) is 48.7 Å². The molecule has 2 aromatic rings. The largest absolute Gasteiger partial charge is 0.385 e. The lowest BCUT2D eigenvalue weighted by molar-refractivity contribution is -0.117. The van der Waals surface area contributed by atoms with Gasteiger partial charge in [0.25, 0.3) is 0 Å². The third-order valence-electron chi connectivity index (χ3n) is 5.79. The molecule has 1 aromatic carbocycles. The van der Waals surface area contributed by atoms with E-state index in [4.69, 9.17) is 4.98 Å². The van der Waals surface area contributed by atoms with E-state index in [-0.39, 0.29) is 11.3 Å². The molecular weight excluding hydrogens is 326 g/mol. The summed E-state index contributed by atoms with van der Waals surface area (Å²) in [6.45, 7) is 6.19. The zero-order valence-electron chi connectivity index (χ0n) is 16.0. The fraction of sp³-hybridized carbons (Fsp3) is 0.619. The van der Waals surface area contributed by atoms with E-state index in [0.29, 0.717) is 18.4 Å². The number of amides is 1. The number of hydrogen-bond donors (Lipinski definition) is 2. The number of anilines is 1. The zero-order valence-corrected chi connectivity index (χ0v) is 16.0. The van der Waals surface area contributed by atoms with E-state index < -0.39 is 5.60 Å². The normalized spacial score (nSPS) is 19.8. The fourth-order valence-electron chi connectivity index (χ4n) is 3.94. The van der Waals surface area contributed by atoms with Gasteiger partial charge in [-0.2, -0.15) is 0 Å². The number of fused-ring (bicyclic) bond motifs is 1. The Labute approximate surface area is 154 Å². The highest BCUT2D eigenvalue weighted by molar-refractivity contribution is 5.92. The molecule has 26 heavy (non-hydrogen) atoms. The molecule has 2 N–H and O–H groups in total. The standard InChI is InChI=1S/C21H29N3O2/c1-20(2,3)13-18(25)23-19-22-16-9-8-14(21(26)10-5-11-21)12-17(16)24(19)15-6-4-7-15/h8-9,12,15,26H,4-7,10-11,13H2,1-3H3,(H,22,23,25). The van der Waals surface area contributed by atoms with Crippen molar-refractivity contribution < 1.29 is 9.90 Å². The Morgan fingerprint density at radius 3 is 2.58 bits per heavy atom. The molecule has 0 bridgehead atoms. The van der Waals surface area contributed by atoms with Gasteiger partial charge < -0.3 is 9.67 Å². The highest BCUT2D eigenvalue weighted by Crippen LogP contribution is 2.43. The van der Waals surface area contributed by atoms with Crippen LogP contribution in [0.3, 0.4) is 0 Å². The molecule has 5 heteroatoms. The molecule has 2 aliphatic carbocycles. The van der Waals surface area contributed by atoms with Crippen LogP contribution in [0.2, 0.25) is 0 Å². The summed E-state index contributed by atoms with van der Waals surface area (Å²) < 4.78 is 2.19. The fourth-order valence-corrected chi connectivity index (χ4v) is 3.94. The van der Waals surface area contributed by atoms with Crippen molar-refractivity contribution >= 4 is 22.9 Å². The molecule has 2 fully saturated rings. The molecule has 140 valence electrons. The van der Waals surface area contributed by atoms with Gasteiger partial charge in [0.15, 0.2) is 0 Å². The first-order valence-corrected chi connectivity index (χ1v) is 9.80. The average Bonchev–Trinajstić information content (AvgIpc) is 2.78. The maximum atomic E-state index is 12.5. The topological polar surface area (TPSA) is 67.2 Å². The van der Waals surface area contributed by atoms with Gasteiger partial charge in [0, 0.05) is 12.5 Å². The quantitative estimate of drug-likeness (QED) is 0.848. The summed E-state index contributed by atoms with van der Waals surface area (Å²) in [4.78, 5) is 17.2. The van der Waals surface area contributed by atoms with Gasteiger partial charge in [-0.1, -0.05) is 26.8 Å². The van der Waals surface area contributed by atoms with Crippen LogP contribution in [0.4, 0.5) is 5.95 Å². The van der Waals surface area contributed by atoms with Crippen LogP contribution in [0.25, 0.3) is 11.0 Å². The maximum Gasteiger partial charge on any atom is 0.227 e. The molecule has 5 nitrogen and oxygen atoms in total. The Kier molecular flexibility index (Phi) is 4.10. The third kappa shape index (κ3) is 3.13. The van der Waals surface area contributed by atoms with Gasteiger partial charge in [0.05, 0.1) is 16.6 Å². The summed E-state index contributed by atoms with van der Waals surface area (Å²) in [5, 5.41) is 13.8. The summed E-state index contributed by atoms with van der Waals surface area (Å²) in [5.74, 6) is 0.655. The van der Waals surface area contributed by atoms with Gasteiger partial charge in [0.1, 0.15) is 0 Å². The van der Waals surface area contributed by atoms with Crippen molar-refractivity contribution in [2.45, 2.75) is 77.4 Å². The summed E-state index contributed by atoms with van der Waals surface area (Å²) in [6.07, 6.45) is 6.63. The first-order chi connectivity index (χ1) is 12.3. The van der Waals surface area contributed by atoms with Crippen LogP contribution in [-0.4, -0.2) is 20.6 Å². The number of benzene rings is 1. The van der Waals surface area contributed by atoms with Crippen molar-refractivity contribution in [2.24, 2.45) is 5.41 Å². The van der Waals surface area contributed by atoms with Crippen LogP contribution in [0, 0.1) is 5.41 Å². The van der Waals surface area contributed by atoms with E-state index in [1.807, 2.05) is 12.1 Å². The smallest absolute Gasteiger partial charge is 0.227 e. The number of aliphatic hydroxyl groups is 1. The Bertz CT molecular complexity index is 839. The number of carbonyl (C=O) groups excluding carboxylic acids is 1. The van der Waals surface area contributed by atoms with E-state index in [1.165, 1.54) is 6.42 Å². The molecule has 2 saturated carbocycles. The van der Waals surface area contributed by atoms with Crippen molar-refractivity contribution in [3.8, 4) is 0 Å². The number of nitrogens with one attached hydrogen (secondary N) is 1. The van der Waals surface area contributed by atoms with Crippen LogP contribution in [0.5, 0.6) is 0 Å². The first kappa shape index (κ1) is 17.5. The SMILES string of the molecule is CC(C)(C)CC(=O)Nc1nc2ccc(C3(O)CCC3)cc2n1C1CCC1. The van der Waals surface area contributed by atoms with E-state index in [1.54, 1.807) is 0 Å². The second kappa shape index (κ2) is 6.08. The summed E-state index contributed by atoms with van der Waals surface area (Å²) >= 11 is 0. The average molecular weight is 355 g/mol. The van der Waals surface area contributed by atoms with Crippen molar-refractivity contribution in [1.29, 1.82) is 0 Å². The molecule has 0 aliphatic heterocycles. The van der Waals surface area contributed by atoms with Crippen LogP contribution >= 0.6 is 0 Å². The molecular formula is C21H29N3O2. The minimum Gasteiger partial charge on any atom is -0.385 e. The van der Waals surface area contributed by atoms with E-state index in [9.17, 15) is 9.90 Å². The van der Waals surface area contributed by atoms with Crippen molar-refractivity contribution in [1.82, 2.24) is 9.55 Å². The Morgan fingerprint density at radius 1 is 1.31 bits per heavy atom. The van der Waals surface area contributed by atoms with Crippen LogP contribution in [0.1, 0.15) is 77.3 Å². The van der Waals surface area contributed by atoms with Gasteiger partial charge in [-0.25, -0.2) is 4.98 Å². The number of aromatic nitrogens is 2. The lowest BCUT2D eigenvalue weighted by atomic mass is 9.75. The van der Waals surface area contributed by atoms with Crippen molar-refractivity contribution in [3.05, 3.63) is 23.8 Å². The number of hydrogen-bond acceptors (Lipinski definition) is 3. The molecule has 1 heterocycles. The second-order valence-electron chi connectivity index (χ2n) is 9.26. The first-order valence-electron chi connectivity index (χ1n) is 9.80. The number of nitrogens with zero attached hydrogens (tertiary/aromatic N) is 2. The Balaban J connectivity index is 1.71. The number of carbonyl (C=O) groups is 1. The zero-order chi connectivity index (χ0) is 18.5. The van der Waals surface area contributed by atoms with Gasteiger partial charge in [-0.05, 0) is 61.6 Å². The molecule has 0 unspecified atom stereocenters. The van der Waals surface area contributed by atoms with Gasteiger partial charge >= 0.3 is 0 Å². The predicted molar refractivity (Wildman–Crippen MR) is 103 cm³/mol. The van der Waals surface area contributed by atoms with Gasteiger partial charge in [-0.3, -0.25) is 10.1 Å². The van der Waals surface area contributed by atoms with E-state index >= 15 is 0 Å². The summed E-state index contributed by atoms with van der Waals surface area (Å²) in [7, 11) is 0. The monoisotopic (exact) mass is 355 g/mol. The summed E-state index contributed by atoms with van der Waals surface area (Å²) in [6, 6.07) is 6.44. The highest BCUT2D eigenvalue weighted by Gasteiger charge is 2.37. The Morgan fingerprint density at radius 2 is 2.04 bits per heavy atom. The molecule has 0 atom stereocenters. The minimum atomic E-state index is -0.682. The van der Waals surface area contributed by atoms with Crippen LogP contribution in [-0.2, 0) is 10.4 Å². The van der Waals surface area contributed by atoms with E-state index in [2.05, 4.69) is 36.7 Å². The number of rotatable bonds is 4. The molecule has 4 rings (SSSR count). The molecule has 0 saturated heterocycles. The van der Waals surface area contributed by atoms with Crippen LogP contribution < -0.4 is 5.32 Å². The highest BCUT2D eigenvalue weighted by atomic mass is 16.3. The minimum absolute atomic E-state index is 0.00576. The molecule has 0 radical (unpaired) electrons. The molecule has 0 spiro atoms. The second-order valence-corrected chi connectivity index (χ2v) is 9.26. The van der Waals surface area contributed by atoms with Crippen molar-refractivity contribution in [3.63, 3.8) is 0 Å². The predicted octanol–water partition coefficient (Wildman–Crippen LogP) is 4.51.